The molecule has 7 heteroatoms. The van der Waals surface area contributed by atoms with Crippen molar-refractivity contribution in [1.29, 1.82) is 0 Å². The summed E-state index contributed by atoms with van der Waals surface area (Å²) in [6.07, 6.45) is 0.447. The average Bonchev–Trinajstić information content (AvgIpc) is 2.31. The average molecular weight is 293 g/mol. The number of nitrogen functional groups attached to an aromatic ring is 1. The molecular weight excluding hydrogens is 276 g/mol. The SMILES string of the molecule is CCC(C)(CO)NS(=O)(=O)c1cc(N)ccc1Cl. The van der Waals surface area contributed by atoms with E-state index in [1.807, 2.05) is 0 Å². The van der Waals surface area contributed by atoms with Gasteiger partial charge in [-0.15, -0.1) is 0 Å². The predicted molar refractivity (Wildman–Crippen MR) is 72.0 cm³/mol. The van der Waals surface area contributed by atoms with Crippen molar-refractivity contribution < 1.29 is 13.5 Å². The molecular formula is C11H17ClN2O3S. The molecule has 0 aliphatic heterocycles. The Hall–Kier alpha value is -0.820. The van der Waals surface area contributed by atoms with E-state index in [0.29, 0.717) is 12.1 Å². The van der Waals surface area contributed by atoms with Crippen LogP contribution in [0.3, 0.4) is 0 Å². The lowest BCUT2D eigenvalue weighted by atomic mass is 10.0. The Labute approximate surface area is 112 Å². The van der Waals surface area contributed by atoms with Gasteiger partial charge in [-0.1, -0.05) is 18.5 Å². The second-order valence-corrected chi connectivity index (χ2v) is 6.43. The fourth-order valence-electron chi connectivity index (χ4n) is 1.32. The molecule has 0 bridgehead atoms. The molecule has 5 nitrogen and oxygen atoms in total. The van der Waals surface area contributed by atoms with Gasteiger partial charge in [0.25, 0.3) is 0 Å². The van der Waals surface area contributed by atoms with Crippen LogP contribution in [0.2, 0.25) is 5.02 Å². The molecule has 18 heavy (non-hydrogen) atoms. The summed E-state index contributed by atoms with van der Waals surface area (Å²) in [6.45, 7) is 3.09. The Morgan fingerprint density at radius 1 is 1.50 bits per heavy atom. The van der Waals surface area contributed by atoms with Gasteiger partial charge in [0.1, 0.15) is 4.90 Å². The molecule has 0 aliphatic carbocycles. The van der Waals surface area contributed by atoms with Crippen LogP contribution in [0.15, 0.2) is 23.1 Å². The lowest BCUT2D eigenvalue weighted by Crippen LogP contribution is -2.48. The summed E-state index contributed by atoms with van der Waals surface area (Å²) in [4.78, 5) is -0.0858. The van der Waals surface area contributed by atoms with Crippen LogP contribution in [-0.2, 0) is 10.0 Å². The lowest BCUT2D eigenvalue weighted by molar-refractivity contribution is 0.191. The minimum Gasteiger partial charge on any atom is -0.399 e. The van der Waals surface area contributed by atoms with E-state index < -0.39 is 15.6 Å². The lowest BCUT2D eigenvalue weighted by Gasteiger charge is -2.27. The van der Waals surface area contributed by atoms with Crippen molar-refractivity contribution >= 4 is 27.3 Å². The highest BCUT2D eigenvalue weighted by molar-refractivity contribution is 7.89. The third kappa shape index (κ3) is 3.35. The van der Waals surface area contributed by atoms with Crippen molar-refractivity contribution in [3.8, 4) is 0 Å². The molecule has 1 unspecified atom stereocenters. The Kier molecular flexibility index (Phi) is 4.61. The first-order chi connectivity index (χ1) is 8.24. The highest BCUT2D eigenvalue weighted by Crippen LogP contribution is 2.25. The van der Waals surface area contributed by atoms with Crippen molar-refractivity contribution in [3.63, 3.8) is 0 Å². The Bertz CT molecular complexity index is 527. The smallest absolute Gasteiger partial charge is 0.242 e. The predicted octanol–water partition coefficient (Wildman–Crippen LogP) is 1.36. The molecule has 0 saturated heterocycles. The molecule has 1 aromatic carbocycles. The van der Waals surface area contributed by atoms with E-state index in [1.54, 1.807) is 13.8 Å². The van der Waals surface area contributed by atoms with Gasteiger partial charge in [0.2, 0.25) is 10.0 Å². The molecule has 0 saturated carbocycles. The fraction of sp³-hybridized carbons (Fsp3) is 0.455. The first-order valence-corrected chi connectivity index (χ1v) is 7.30. The number of aliphatic hydroxyl groups is 1. The van der Waals surface area contributed by atoms with Crippen LogP contribution < -0.4 is 10.5 Å². The summed E-state index contributed by atoms with van der Waals surface area (Å²) in [7, 11) is -3.82. The molecule has 0 radical (unpaired) electrons. The first-order valence-electron chi connectivity index (χ1n) is 5.44. The van der Waals surface area contributed by atoms with Crippen molar-refractivity contribution in [1.82, 2.24) is 4.72 Å². The second-order valence-electron chi connectivity index (χ2n) is 4.37. The van der Waals surface area contributed by atoms with Crippen molar-refractivity contribution in [2.75, 3.05) is 12.3 Å². The highest BCUT2D eigenvalue weighted by Gasteiger charge is 2.29. The standard InChI is InChI=1S/C11H17ClN2O3S/c1-3-11(2,7-15)14-18(16,17)10-6-8(13)4-5-9(10)12/h4-6,14-15H,3,7,13H2,1-2H3. The van der Waals surface area contributed by atoms with Crippen LogP contribution in [0, 0.1) is 0 Å². The van der Waals surface area contributed by atoms with Gasteiger partial charge in [-0.2, -0.15) is 0 Å². The summed E-state index contributed by atoms with van der Waals surface area (Å²) in [5.41, 5.74) is 4.94. The van der Waals surface area contributed by atoms with E-state index in [0.717, 1.165) is 0 Å². The third-order valence-corrected chi connectivity index (χ3v) is 4.87. The zero-order valence-electron chi connectivity index (χ0n) is 10.3. The number of aliphatic hydroxyl groups excluding tert-OH is 1. The van der Waals surface area contributed by atoms with Gasteiger partial charge in [-0.25, -0.2) is 13.1 Å². The van der Waals surface area contributed by atoms with E-state index in [2.05, 4.69) is 4.72 Å². The topological polar surface area (TPSA) is 92.4 Å². The van der Waals surface area contributed by atoms with Crippen LogP contribution in [0.4, 0.5) is 5.69 Å². The molecule has 0 aliphatic rings. The highest BCUT2D eigenvalue weighted by atomic mass is 35.5. The number of hydrogen-bond acceptors (Lipinski definition) is 4. The normalized spacial score (nSPS) is 15.3. The zero-order chi connectivity index (χ0) is 14.0. The molecule has 0 fully saturated rings. The van der Waals surface area contributed by atoms with E-state index in [9.17, 15) is 13.5 Å². The third-order valence-electron chi connectivity index (χ3n) is 2.75. The van der Waals surface area contributed by atoms with Gasteiger partial charge in [-0.05, 0) is 31.5 Å². The van der Waals surface area contributed by atoms with Gasteiger partial charge >= 0.3 is 0 Å². The summed E-state index contributed by atoms with van der Waals surface area (Å²) in [6, 6.07) is 4.23. The molecule has 102 valence electrons. The molecule has 4 N–H and O–H groups in total. The molecule has 0 aromatic heterocycles. The molecule has 1 aromatic rings. The summed E-state index contributed by atoms with van der Waals surface area (Å²) < 4.78 is 26.8. The fourth-order valence-corrected chi connectivity index (χ4v) is 3.33. The van der Waals surface area contributed by atoms with E-state index in [-0.39, 0.29) is 16.5 Å². The molecule has 0 amide bonds. The summed E-state index contributed by atoms with van der Waals surface area (Å²) >= 11 is 5.86. The number of anilines is 1. The first kappa shape index (κ1) is 15.2. The Balaban J connectivity index is 3.18. The molecule has 1 rings (SSSR count). The van der Waals surface area contributed by atoms with Crippen LogP contribution in [0.5, 0.6) is 0 Å². The number of rotatable bonds is 5. The van der Waals surface area contributed by atoms with Crippen LogP contribution in [0.25, 0.3) is 0 Å². The second kappa shape index (κ2) is 5.44. The van der Waals surface area contributed by atoms with Gasteiger partial charge < -0.3 is 10.8 Å². The minimum atomic E-state index is -3.82. The van der Waals surface area contributed by atoms with Crippen LogP contribution in [0.1, 0.15) is 20.3 Å². The van der Waals surface area contributed by atoms with Gasteiger partial charge in [0.15, 0.2) is 0 Å². The number of nitrogens with one attached hydrogen (secondary N) is 1. The van der Waals surface area contributed by atoms with E-state index in [1.165, 1.54) is 18.2 Å². The molecule has 0 heterocycles. The van der Waals surface area contributed by atoms with Crippen LogP contribution in [-0.4, -0.2) is 25.7 Å². The monoisotopic (exact) mass is 292 g/mol. The molecule has 1 atom stereocenters. The van der Waals surface area contributed by atoms with E-state index in [4.69, 9.17) is 17.3 Å². The zero-order valence-corrected chi connectivity index (χ0v) is 11.8. The number of hydrogen-bond donors (Lipinski definition) is 3. The maximum atomic E-state index is 12.2. The summed E-state index contributed by atoms with van der Waals surface area (Å²) in [5.74, 6) is 0. The summed E-state index contributed by atoms with van der Waals surface area (Å²) in [5, 5.41) is 9.33. The Morgan fingerprint density at radius 3 is 2.61 bits per heavy atom. The number of halogens is 1. The maximum Gasteiger partial charge on any atom is 0.242 e. The number of sulfonamides is 1. The molecule has 0 spiro atoms. The van der Waals surface area contributed by atoms with E-state index >= 15 is 0 Å². The minimum absolute atomic E-state index is 0.0858. The Morgan fingerprint density at radius 2 is 2.11 bits per heavy atom. The van der Waals surface area contributed by atoms with Crippen molar-refractivity contribution in [2.45, 2.75) is 30.7 Å². The van der Waals surface area contributed by atoms with Crippen LogP contribution >= 0.6 is 11.6 Å². The number of benzene rings is 1. The van der Waals surface area contributed by atoms with Gasteiger partial charge in [0.05, 0.1) is 17.2 Å². The van der Waals surface area contributed by atoms with Crippen molar-refractivity contribution in [2.24, 2.45) is 0 Å². The van der Waals surface area contributed by atoms with Gasteiger partial charge in [-0.3, -0.25) is 0 Å². The largest absolute Gasteiger partial charge is 0.399 e. The maximum absolute atomic E-state index is 12.2. The van der Waals surface area contributed by atoms with Crippen molar-refractivity contribution in [3.05, 3.63) is 23.2 Å². The van der Waals surface area contributed by atoms with Gasteiger partial charge in [0, 0.05) is 5.69 Å². The quantitative estimate of drug-likeness (QED) is 0.715. The number of nitrogens with two attached hydrogens (primary N) is 1.